The Balaban J connectivity index is 0.000000816. The highest BCUT2D eigenvalue weighted by Crippen LogP contribution is 2.35. The van der Waals surface area contributed by atoms with E-state index >= 15 is 0 Å². The first-order valence-corrected chi connectivity index (χ1v) is 21.9. The number of imidazole rings is 1. The summed E-state index contributed by atoms with van der Waals surface area (Å²) in [6.45, 7) is 23.7. The zero-order valence-corrected chi connectivity index (χ0v) is 35.9. The maximum absolute atomic E-state index is 10.3. The van der Waals surface area contributed by atoms with Crippen molar-refractivity contribution in [3.63, 3.8) is 0 Å². The highest BCUT2D eigenvalue weighted by atomic mass is 32.1. The van der Waals surface area contributed by atoms with E-state index in [1.54, 1.807) is 0 Å². The van der Waals surface area contributed by atoms with Crippen molar-refractivity contribution in [3.05, 3.63) is 30.1 Å². The summed E-state index contributed by atoms with van der Waals surface area (Å²) < 4.78 is 0. The predicted octanol–water partition coefficient (Wildman–Crippen LogP) is 13.1. The first-order valence-electron chi connectivity index (χ1n) is 21.0. The van der Waals surface area contributed by atoms with Gasteiger partial charge in [0.2, 0.25) is 0 Å². The molecule has 6 nitrogen and oxygen atoms in total. The van der Waals surface area contributed by atoms with Gasteiger partial charge in [0.25, 0.3) is 0 Å². The van der Waals surface area contributed by atoms with Gasteiger partial charge in [0.1, 0.15) is 11.2 Å². The second-order valence-corrected chi connectivity index (χ2v) is 15.2. The number of aromatic nitrogens is 2. The number of benzene rings is 1. The van der Waals surface area contributed by atoms with Gasteiger partial charge in [0.05, 0.1) is 11.0 Å². The number of aromatic amines is 1. The van der Waals surface area contributed by atoms with Crippen LogP contribution in [0.3, 0.4) is 0 Å². The Hall–Kier alpha value is -1.61. The van der Waals surface area contributed by atoms with E-state index in [0.717, 1.165) is 30.3 Å². The van der Waals surface area contributed by atoms with Gasteiger partial charge in [-0.3, -0.25) is 0 Å². The molecule has 0 amide bonds. The molecule has 3 N–H and O–H groups in total. The van der Waals surface area contributed by atoms with Crippen molar-refractivity contribution in [2.24, 2.45) is 0 Å². The highest BCUT2D eigenvalue weighted by molar-refractivity contribution is 7.80. The summed E-state index contributed by atoms with van der Waals surface area (Å²) in [5.41, 5.74) is 0.750. The molecule has 0 saturated heterocycles. The van der Waals surface area contributed by atoms with Crippen molar-refractivity contribution in [1.82, 2.24) is 19.8 Å². The molecule has 1 heterocycles. The average Bonchev–Trinajstić information content (AvgIpc) is 3.57. The van der Waals surface area contributed by atoms with Crippen LogP contribution in [0.25, 0.3) is 11.0 Å². The number of unbranched alkanes of at least 4 members (excludes halogenated alkanes) is 11. The molecule has 0 aliphatic rings. The van der Waals surface area contributed by atoms with Crippen molar-refractivity contribution in [3.8, 4) is 0 Å². The molecular formula is C43H80N4O2S2. The van der Waals surface area contributed by atoms with Gasteiger partial charge in [0, 0.05) is 6.42 Å². The van der Waals surface area contributed by atoms with Crippen LogP contribution < -0.4 is 0 Å². The second-order valence-electron chi connectivity index (χ2n) is 14.4. The molecule has 2 rings (SSSR count). The van der Waals surface area contributed by atoms with Gasteiger partial charge in [-0.25, -0.2) is 4.98 Å². The van der Waals surface area contributed by atoms with Crippen LogP contribution in [-0.4, -0.2) is 79.4 Å². The van der Waals surface area contributed by atoms with Gasteiger partial charge in [0.15, 0.2) is 10.1 Å². The first-order chi connectivity index (χ1) is 24.7. The van der Waals surface area contributed by atoms with Crippen molar-refractivity contribution in [1.29, 1.82) is 0 Å². The van der Waals surface area contributed by atoms with E-state index in [4.69, 9.17) is 24.4 Å². The van der Waals surface area contributed by atoms with E-state index in [1.807, 2.05) is 24.3 Å². The van der Waals surface area contributed by atoms with E-state index in [0.29, 0.717) is 12.2 Å². The summed E-state index contributed by atoms with van der Waals surface area (Å²) in [7, 11) is 0. The largest absolute Gasteiger partial charge is 0.502 e. The second kappa shape index (κ2) is 33.0. The van der Waals surface area contributed by atoms with Crippen LogP contribution >= 0.6 is 24.4 Å². The smallest absolute Gasteiger partial charge is 0.171 e. The molecular weight excluding hydrogens is 669 g/mol. The fraction of sp³-hybridized carbons (Fsp3) is 0.791. The quantitative estimate of drug-likeness (QED) is 0.0565. The minimum absolute atomic E-state index is 0.104. The Morgan fingerprint density at radius 1 is 0.588 bits per heavy atom. The number of thiocarbonyl (C=S) groups is 2. The molecule has 0 bridgehead atoms. The molecule has 1 aromatic heterocycles. The number of nitrogens with zero attached hydrogens (tertiary/aromatic N) is 3. The van der Waals surface area contributed by atoms with Gasteiger partial charge in [-0.05, 0) is 121 Å². The number of hydrogen-bond acceptors (Lipinski definition) is 5. The number of rotatable bonds is 29. The third-order valence-electron chi connectivity index (χ3n) is 9.63. The monoisotopic (exact) mass is 749 g/mol. The molecule has 296 valence electrons. The maximum atomic E-state index is 10.3. The molecule has 8 heteroatoms. The van der Waals surface area contributed by atoms with E-state index in [2.05, 4.69) is 68.2 Å². The number of aliphatic hydroxyl groups is 2. The van der Waals surface area contributed by atoms with Crippen molar-refractivity contribution < 1.29 is 10.2 Å². The molecule has 0 aliphatic heterocycles. The molecule has 0 spiro atoms. The van der Waals surface area contributed by atoms with E-state index in [9.17, 15) is 10.2 Å². The normalized spacial score (nSPS) is 12.3. The minimum Gasteiger partial charge on any atom is -0.502 e. The summed E-state index contributed by atoms with van der Waals surface area (Å²) >= 11 is 10.1. The topological polar surface area (TPSA) is 75.6 Å². The summed E-state index contributed by atoms with van der Waals surface area (Å²) in [4.78, 5) is 13.1. The lowest BCUT2D eigenvalue weighted by atomic mass is 9.79. The number of H-pyrrole nitrogens is 1. The van der Waals surface area contributed by atoms with Crippen molar-refractivity contribution >= 4 is 45.6 Å². The zero-order chi connectivity index (χ0) is 38.2. The Morgan fingerprint density at radius 2 is 0.980 bits per heavy atom. The Kier molecular flexibility index (Phi) is 32.0. The molecule has 1 aromatic carbocycles. The molecule has 51 heavy (non-hydrogen) atoms. The number of para-hydroxylation sites is 2. The number of fused-ring (bicyclic) bond motifs is 1. The lowest BCUT2D eigenvalue weighted by Gasteiger charge is -2.29. The minimum atomic E-state index is -0.940. The number of hydrogen-bond donors (Lipinski definition) is 3. The fourth-order valence-corrected chi connectivity index (χ4v) is 6.70. The van der Waals surface area contributed by atoms with E-state index < -0.39 is 5.41 Å². The van der Waals surface area contributed by atoms with Crippen molar-refractivity contribution in [2.45, 2.75) is 182 Å². The number of nitrogens with one attached hydrogen (secondary N) is 1. The van der Waals surface area contributed by atoms with Crippen LogP contribution in [0.2, 0.25) is 0 Å². The Labute approximate surface area is 326 Å². The van der Waals surface area contributed by atoms with Gasteiger partial charge in [-0.2, -0.15) is 0 Å². The SMILES string of the molecule is CCCCCCCCC(CC(O)=S)(C(O)=S)c1nc2ccccc2[nH]1.CCCCN(CCCC)CCCC.CCCCN(CCCC)CCCC. The summed E-state index contributed by atoms with van der Waals surface area (Å²) in [5.74, 6) is 0.575. The fourth-order valence-electron chi connectivity index (χ4n) is 6.18. The molecule has 0 aliphatic carbocycles. The molecule has 0 radical (unpaired) electrons. The third-order valence-corrected chi connectivity index (χ3v) is 10.2. The molecule has 2 aromatic rings. The first kappa shape index (κ1) is 49.4. The van der Waals surface area contributed by atoms with Gasteiger partial charge >= 0.3 is 0 Å². The highest BCUT2D eigenvalue weighted by Gasteiger charge is 2.41. The van der Waals surface area contributed by atoms with Gasteiger partial charge in [-0.1, -0.05) is 138 Å². The number of aliphatic hydroxyl groups excluding tert-OH is 2. The van der Waals surface area contributed by atoms with Crippen LogP contribution in [0.15, 0.2) is 24.3 Å². The molecule has 0 fully saturated rings. The molecule has 1 atom stereocenters. The Morgan fingerprint density at radius 3 is 1.35 bits per heavy atom. The molecule has 1 unspecified atom stereocenters. The summed E-state index contributed by atoms with van der Waals surface area (Å²) in [6, 6.07) is 7.67. The third kappa shape index (κ3) is 22.9. The Bertz CT molecular complexity index is 1020. The van der Waals surface area contributed by atoms with Crippen LogP contribution in [0.4, 0.5) is 0 Å². The average molecular weight is 749 g/mol. The van der Waals surface area contributed by atoms with E-state index in [1.165, 1.54) is 136 Å². The zero-order valence-electron chi connectivity index (χ0n) is 34.2. The standard InChI is InChI=1S/C19H26N2O2S2.2C12H27N/c1-2-3-4-5-6-9-12-19(18(23)25,13-16(22)24)17-20-14-10-7-8-11-15(14)21-17;2*1-4-7-10-13(11-8-5-2)12-9-6-3/h7-8,10-11H,2-6,9,12-13H2,1H3,(H,20,21)(H,22,24)(H,23,25);2*4-12H2,1-3H3. The molecule has 0 saturated carbocycles. The summed E-state index contributed by atoms with van der Waals surface area (Å²) in [5, 5.41) is 19.8. The van der Waals surface area contributed by atoms with Crippen LogP contribution in [-0.2, 0) is 5.41 Å². The van der Waals surface area contributed by atoms with Gasteiger partial charge < -0.3 is 25.0 Å². The van der Waals surface area contributed by atoms with Crippen LogP contribution in [0, 0.1) is 0 Å². The predicted molar refractivity (Wildman–Crippen MR) is 233 cm³/mol. The van der Waals surface area contributed by atoms with Crippen molar-refractivity contribution in [2.75, 3.05) is 39.3 Å². The van der Waals surface area contributed by atoms with E-state index in [-0.39, 0.29) is 16.5 Å². The summed E-state index contributed by atoms with van der Waals surface area (Å²) in [6.07, 6.45) is 23.7. The van der Waals surface area contributed by atoms with Crippen LogP contribution in [0.1, 0.15) is 183 Å². The lowest BCUT2D eigenvalue weighted by Crippen LogP contribution is -2.38. The maximum Gasteiger partial charge on any atom is 0.171 e. The van der Waals surface area contributed by atoms with Crippen LogP contribution in [0.5, 0.6) is 0 Å². The lowest BCUT2D eigenvalue weighted by molar-refractivity contribution is 0.261. The van der Waals surface area contributed by atoms with Gasteiger partial charge in [-0.15, -0.1) is 0 Å².